The maximum atomic E-state index is 6.10. The number of benzene rings is 1. The first-order valence-electron chi connectivity index (χ1n) is 6.92. The van der Waals surface area contributed by atoms with Crippen molar-refractivity contribution in [2.24, 2.45) is 0 Å². The second-order valence-corrected chi connectivity index (χ2v) is 4.72. The van der Waals surface area contributed by atoms with Gasteiger partial charge in [-0.15, -0.1) is 5.10 Å². The van der Waals surface area contributed by atoms with E-state index in [9.17, 15) is 0 Å². The molecule has 0 aliphatic heterocycles. The lowest BCUT2D eigenvalue weighted by molar-refractivity contribution is 0.0677. The summed E-state index contributed by atoms with van der Waals surface area (Å²) in [7, 11) is 1.66. The molecule has 2 N–H and O–H groups in total. The SMILES string of the molecule is COCCOCCCn1nnnc1-c1cccc(C)c1N. The third kappa shape index (κ3) is 3.99. The quantitative estimate of drug-likeness (QED) is 0.582. The molecule has 7 heteroatoms. The molecule has 0 saturated heterocycles. The van der Waals surface area contributed by atoms with E-state index in [1.807, 2.05) is 25.1 Å². The van der Waals surface area contributed by atoms with Gasteiger partial charge in [-0.3, -0.25) is 0 Å². The summed E-state index contributed by atoms with van der Waals surface area (Å²) in [6.07, 6.45) is 0.827. The summed E-state index contributed by atoms with van der Waals surface area (Å²) in [6.45, 7) is 4.50. The van der Waals surface area contributed by atoms with Crippen molar-refractivity contribution in [1.82, 2.24) is 20.2 Å². The third-order valence-corrected chi connectivity index (χ3v) is 3.19. The number of nitrogens with two attached hydrogens (primary N) is 1. The maximum Gasteiger partial charge on any atom is 0.184 e. The zero-order chi connectivity index (χ0) is 15.1. The van der Waals surface area contributed by atoms with E-state index >= 15 is 0 Å². The van der Waals surface area contributed by atoms with Crippen molar-refractivity contribution >= 4 is 5.69 Å². The van der Waals surface area contributed by atoms with Crippen LogP contribution in [0.1, 0.15) is 12.0 Å². The number of nitrogens with zero attached hydrogens (tertiary/aromatic N) is 4. The van der Waals surface area contributed by atoms with Gasteiger partial charge >= 0.3 is 0 Å². The average Bonchev–Trinajstić information content (AvgIpc) is 2.94. The predicted molar refractivity (Wildman–Crippen MR) is 79.7 cm³/mol. The number of methoxy groups -OCH3 is 1. The van der Waals surface area contributed by atoms with Crippen molar-refractivity contribution in [2.75, 3.05) is 32.7 Å². The highest BCUT2D eigenvalue weighted by Crippen LogP contribution is 2.25. The van der Waals surface area contributed by atoms with Gasteiger partial charge in [0.1, 0.15) is 0 Å². The van der Waals surface area contributed by atoms with Crippen LogP contribution in [0.4, 0.5) is 5.69 Å². The maximum absolute atomic E-state index is 6.10. The highest BCUT2D eigenvalue weighted by Gasteiger charge is 2.12. The number of nitrogen functional groups attached to an aromatic ring is 1. The van der Waals surface area contributed by atoms with Gasteiger partial charge in [-0.05, 0) is 35.4 Å². The molecule has 1 aromatic carbocycles. The van der Waals surface area contributed by atoms with E-state index in [0.717, 1.165) is 17.5 Å². The van der Waals surface area contributed by atoms with E-state index in [0.29, 0.717) is 37.9 Å². The zero-order valence-corrected chi connectivity index (χ0v) is 12.5. The van der Waals surface area contributed by atoms with Gasteiger partial charge in [0.25, 0.3) is 0 Å². The van der Waals surface area contributed by atoms with Crippen LogP contribution in [0, 0.1) is 6.92 Å². The topological polar surface area (TPSA) is 88.1 Å². The number of anilines is 1. The molecule has 0 spiro atoms. The van der Waals surface area contributed by atoms with Gasteiger partial charge in [0, 0.05) is 31.5 Å². The molecule has 0 amide bonds. The van der Waals surface area contributed by atoms with E-state index in [1.165, 1.54) is 0 Å². The first kappa shape index (κ1) is 15.4. The Morgan fingerprint density at radius 1 is 1.24 bits per heavy atom. The molecule has 2 aromatic rings. The molecule has 0 aliphatic rings. The summed E-state index contributed by atoms with van der Waals surface area (Å²) in [4.78, 5) is 0. The smallest absolute Gasteiger partial charge is 0.184 e. The summed E-state index contributed by atoms with van der Waals surface area (Å²) >= 11 is 0. The van der Waals surface area contributed by atoms with E-state index in [-0.39, 0.29) is 0 Å². The summed E-state index contributed by atoms with van der Waals surface area (Å²) in [5, 5.41) is 11.8. The van der Waals surface area contributed by atoms with Crippen LogP contribution in [0.15, 0.2) is 18.2 Å². The normalized spacial score (nSPS) is 11.0. The van der Waals surface area contributed by atoms with Gasteiger partial charge in [-0.2, -0.15) is 0 Å². The summed E-state index contributed by atoms with van der Waals surface area (Å²) in [5.74, 6) is 0.688. The van der Waals surface area contributed by atoms with Crippen LogP contribution in [-0.4, -0.2) is 47.1 Å². The second kappa shape index (κ2) is 7.70. The Labute approximate surface area is 124 Å². The Hall–Kier alpha value is -1.99. The Kier molecular flexibility index (Phi) is 5.65. The minimum absolute atomic E-state index is 0.601. The minimum atomic E-state index is 0.601. The van der Waals surface area contributed by atoms with Crippen molar-refractivity contribution in [2.45, 2.75) is 19.9 Å². The summed E-state index contributed by atoms with van der Waals surface area (Å²) < 4.78 is 12.1. The Bertz CT molecular complexity index is 570. The molecule has 0 saturated carbocycles. The number of rotatable bonds is 8. The molecule has 0 bridgehead atoms. The minimum Gasteiger partial charge on any atom is -0.398 e. The first-order valence-corrected chi connectivity index (χ1v) is 6.92. The number of aryl methyl sites for hydroxylation is 2. The van der Waals surface area contributed by atoms with E-state index in [2.05, 4.69) is 15.5 Å². The van der Waals surface area contributed by atoms with Crippen molar-refractivity contribution < 1.29 is 9.47 Å². The van der Waals surface area contributed by atoms with E-state index in [1.54, 1.807) is 11.8 Å². The Balaban J connectivity index is 1.97. The molecule has 0 unspecified atom stereocenters. The number of aromatic nitrogens is 4. The fourth-order valence-electron chi connectivity index (χ4n) is 1.98. The van der Waals surface area contributed by atoms with Gasteiger partial charge in [0.05, 0.1) is 13.2 Å². The first-order chi connectivity index (χ1) is 10.2. The molecule has 21 heavy (non-hydrogen) atoms. The molecule has 0 atom stereocenters. The molecular weight excluding hydrogens is 270 g/mol. The summed E-state index contributed by atoms with van der Waals surface area (Å²) in [5.41, 5.74) is 8.70. The van der Waals surface area contributed by atoms with E-state index < -0.39 is 0 Å². The lowest BCUT2D eigenvalue weighted by Gasteiger charge is -2.09. The van der Waals surface area contributed by atoms with Crippen LogP contribution in [0.5, 0.6) is 0 Å². The average molecular weight is 291 g/mol. The third-order valence-electron chi connectivity index (χ3n) is 3.19. The highest BCUT2D eigenvalue weighted by molar-refractivity contribution is 5.73. The molecular formula is C14H21N5O2. The van der Waals surface area contributed by atoms with Crippen molar-refractivity contribution in [3.05, 3.63) is 23.8 Å². The molecule has 0 fully saturated rings. The standard InChI is InChI=1S/C14H21N5O2/c1-11-5-3-6-12(13(11)15)14-16-17-18-19(14)7-4-8-21-10-9-20-2/h3,5-6H,4,7-10,15H2,1-2H3. The second-order valence-electron chi connectivity index (χ2n) is 4.72. The fourth-order valence-corrected chi connectivity index (χ4v) is 1.98. The van der Waals surface area contributed by atoms with Gasteiger partial charge in [-0.25, -0.2) is 4.68 Å². The van der Waals surface area contributed by atoms with Gasteiger partial charge in [0.15, 0.2) is 5.82 Å². The predicted octanol–water partition coefficient (Wildman–Crippen LogP) is 1.28. The van der Waals surface area contributed by atoms with Crippen LogP contribution in [-0.2, 0) is 16.0 Å². The van der Waals surface area contributed by atoms with Crippen LogP contribution >= 0.6 is 0 Å². The number of hydrogen-bond donors (Lipinski definition) is 1. The molecule has 0 radical (unpaired) electrons. The lowest BCUT2D eigenvalue weighted by atomic mass is 10.1. The summed E-state index contributed by atoms with van der Waals surface area (Å²) in [6, 6.07) is 5.85. The van der Waals surface area contributed by atoms with Gasteiger partial charge < -0.3 is 15.2 Å². The zero-order valence-electron chi connectivity index (χ0n) is 12.5. The van der Waals surface area contributed by atoms with Crippen LogP contribution in [0.2, 0.25) is 0 Å². The van der Waals surface area contributed by atoms with Crippen LogP contribution in [0.3, 0.4) is 0 Å². The monoisotopic (exact) mass is 291 g/mol. The number of para-hydroxylation sites is 1. The molecule has 1 heterocycles. The van der Waals surface area contributed by atoms with E-state index in [4.69, 9.17) is 15.2 Å². The Morgan fingerprint density at radius 3 is 2.90 bits per heavy atom. The van der Waals surface area contributed by atoms with Gasteiger partial charge in [-0.1, -0.05) is 12.1 Å². The highest BCUT2D eigenvalue weighted by atomic mass is 16.5. The van der Waals surface area contributed by atoms with Crippen molar-refractivity contribution in [3.63, 3.8) is 0 Å². The fraction of sp³-hybridized carbons (Fsp3) is 0.500. The number of tetrazole rings is 1. The largest absolute Gasteiger partial charge is 0.398 e. The molecule has 2 rings (SSSR count). The number of ether oxygens (including phenoxy) is 2. The molecule has 7 nitrogen and oxygen atoms in total. The lowest BCUT2D eigenvalue weighted by Crippen LogP contribution is -2.09. The number of hydrogen-bond acceptors (Lipinski definition) is 6. The van der Waals surface area contributed by atoms with Crippen LogP contribution < -0.4 is 5.73 Å². The molecule has 114 valence electrons. The molecule has 0 aliphatic carbocycles. The van der Waals surface area contributed by atoms with Crippen molar-refractivity contribution in [1.29, 1.82) is 0 Å². The Morgan fingerprint density at radius 2 is 2.10 bits per heavy atom. The van der Waals surface area contributed by atoms with Gasteiger partial charge in [0.2, 0.25) is 0 Å². The molecule has 1 aromatic heterocycles. The van der Waals surface area contributed by atoms with Crippen LogP contribution in [0.25, 0.3) is 11.4 Å². The van der Waals surface area contributed by atoms with Crippen molar-refractivity contribution in [3.8, 4) is 11.4 Å².